The molecule has 2 atom stereocenters. The summed E-state index contributed by atoms with van der Waals surface area (Å²) < 4.78 is 0. The summed E-state index contributed by atoms with van der Waals surface area (Å²) in [6.45, 7) is 0.210. The highest BCUT2D eigenvalue weighted by atomic mass is 16.3. The van der Waals surface area contributed by atoms with E-state index in [-0.39, 0.29) is 12.7 Å². The molecule has 1 aromatic rings. The van der Waals surface area contributed by atoms with Crippen LogP contribution < -0.4 is 0 Å². The summed E-state index contributed by atoms with van der Waals surface area (Å²) in [6, 6.07) is 8.47. The van der Waals surface area contributed by atoms with Crippen molar-refractivity contribution in [2.24, 2.45) is 0 Å². The second-order valence-electron chi connectivity index (χ2n) is 4.73. The first-order valence-electron chi connectivity index (χ1n) is 6.17. The first-order chi connectivity index (χ1) is 7.79. The van der Waals surface area contributed by atoms with Gasteiger partial charge in [0, 0.05) is 6.61 Å². The first-order valence-corrected chi connectivity index (χ1v) is 6.17. The third-order valence-electron chi connectivity index (χ3n) is 3.50. The Hall–Kier alpha value is -0.860. The molecule has 2 heteroatoms. The Morgan fingerprint density at radius 1 is 1.12 bits per heavy atom. The predicted octanol–water partition coefficient (Wildman–Crippen LogP) is 2.24. The van der Waals surface area contributed by atoms with E-state index >= 15 is 0 Å². The van der Waals surface area contributed by atoms with Crippen LogP contribution in [0.3, 0.4) is 0 Å². The molecule has 0 unspecified atom stereocenters. The molecule has 1 aliphatic carbocycles. The molecular weight excluding hydrogens is 200 g/mol. The number of benzene rings is 1. The average Bonchev–Trinajstić information content (AvgIpc) is 2.30. The fourth-order valence-electron chi connectivity index (χ4n) is 2.55. The Morgan fingerprint density at radius 3 is 2.50 bits per heavy atom. The van der Waals surface area contributed by atoms with Gasteiger partial charge in [0.1, 0.15) is 0 Å². The number of aliphatic hydroxyl groups excluding tert-OH is 2. The second-order valence-corrected chi connectivity index (χ2v) is 4.73. The molecule has 0 spiro atoms. The van der Waals surface area contributed by atoms with Gasteiger partial charge in [-0.1, -0.05) is 30.7 Å². The molecule has 0 aromatic heterocycles. The highest BCUT2D eigenvalue weighted by Gasteiger charge is 2.21. The van der Waals surface area contributed by atoms with Gasteiger partial charge < -0.3 is 10.2 Å². The third-order valence-corrected chi connectivity index (χ3v) is 3.50. The molecule has 0 aliphatic heterocycles. The highest BCUT2D eigenvalue weighted by molar-refractivity contribution is 5.26. The number of aliphatic hydroxyl groups is 2. The maximum absolute atomic E-state index is 9.65. The molecule has 2 rings (SSSR count). The van der Waals surface area contributed by atoms with E-state index < -0.39 is 0 Å². The van der Waals surface area contributed by atoms with E-state index in [1.807, 2.05) is 0 Å². The van der Waals surface area contributed by atoms with Crippen molar-refractivity contribution in [1.82, 2.24) is 0 Å². The molecule has 2 nitrogen and oxygen atoms in total. The van der Waals surface area contributed by atoms with Gasteiger partial charge in [-0.05, 0) is 42.7 Å². The van der Waals surface area contributed by atoms with Crippen LogP contribution in [0.15, 0.2) is 24.3 Å². The van der Waals surface area contributed by atoms with Crippen LogP contribution in [0.5, 0.6) is 0 Å². The van der Waals surface area contributed by atoms with Crippen molar-refractivity contribution in [2.75, 3.05) is 6.61 Å². The molecule has 2 N–H and O–H groups in total. The van der Waals surface area contributed by atoms with Gasteiger partial charge in [-0.3, -0.25) is 0 Å². The van der Waals surface area contributed by atoms with Crippen molar-refractivity contribution in [3.8, 4) is 0 Å². The van der Waals surface area contributed by atoms with E-state index in [0.29, 0.717) is 5.92 Å². The van der Waals surface area contributed by atoms with Crippen LogP contribution in [0.4, 0.5) is 0 Å². The molecule has 0 saturated heterocycles. The van der Waals surface area contributed by atoms with Gasteiger partial charge in [-0.15, -0.1) is 0 Å². The predicted molar refractivity (Wildman–Crippen MR) is 64.4 cm³/mol. The molecule has 16 heavy (non-hydrogen) atoms. The molecule has 0 heterocycles. The van der Waals surface area contributed by atoms with Crippen LogP contribution in [0.1, 0.15) is 42.7 Å². The Bertz CT molecular complexity index is 318. The zero-order valence-electron chi connectivity index (χ0n) is 9.60. The minimum atomic E-state index is -0.115. The maximum Gasteiger partial charge on any atom is 0.0546 e. The van der Waals surface area contributed by atoms with Gasteiger partial charge in [-0.2, -0.15) is 0 Å². The number of hydrogen-bond acceptors (Lipinski definition) is 2. The SMILES string of the molecule is OCCc1ccc([C@@H]2CCC[C@H](O)C2)cc1. The Balaban J connectivity index is 2.03. The van der Waals surface area contributed by atoms with E-state index in [1.165, 1.54) is 17.5 Å². The topological polar surface area (TPSA) is 40.5 Å². The van der Waals surface area contributed by atoms with Crippen molar-refractivity contribution in [2.45, 2.75) is 44.1 Å². The van der Waals surface area contributed by atoms with Gasteiger partial charge in [-0.25, -0.2) is 0 Å². The summed E-state index contributed by atoms with van der Waals surface area (Å²) in [4.78, 5) is 0. The van der Waals surface area contributed by atoms with Crippen molar-refractivity contribution < 1.29 is 10.2 Å². The lowest BCUT2D eigenvalue weighted by atomic mass is 9.82. The quantitative estimate of drug-likeness (QED) is 0.820. The Labute approximate surface area is 96.9 Å². The van der Waals surface area contributed by atoms with Gasteiger partial charge in [0.25, 0.3) is 0 Å². The Kier molecular flexibility index (Phi) is 3.97. The fourth-order valence-corrected chi connectivity index (χ4v) is 2.55. The number of hydrogen-bond donors (Lipinski definition) is 2. The van der Waals surface area contributed by atoms with Gasteiger partial charge in [0.2, 0.25) is 0 Å². The van der Waals surface area contributed by atoms with Crippen LogP contribution in [0.25, 0.3) is 0 Å². The van der Waals surface area contributed by atoms with Crippen molar-refractivity contribution in [3.05, 3.63) is 35.4 Å². The summed E-state index contributed by atoms with van der Waals surface area (Å²) in [6.07, 6.45) is 4.79. The minimum Gasteiger partial charge on any atom is -0.396 e. The zero-order valence-corrected chi connectivity index (χ0v) is 9.60. The molecule has 1 saturated carbocycles. The molecule has 0 amide bonds. The monoisotopic (exact) mass is 220 g/mol. The summed E-state index contributed by atoms with van der Waals surface area (Å²) in [7, 11) is 0. The maximum atomic E-state index is 9.65. The van der Waals surface area contributed by atoms with Crippen LogP contribution in [0, 0.1) is 0 Å². The lowest BCUT2D eigenvalue weighted by molar-refractivity contribution is 0.119. The second kappa shape index (κ2) is 5.46. The van der Waals surface area contributed by atoms with Gasteiger partial charge in [0.15, 0.2) is 0 Å². The van der Waals surface area contributed by atoms with Crippen molar-refractivity contribution in [1.29, 1.82) is 0 Å². The normalized spacial score (nSPS) is 25.6. The zero-order chi connectivity index (χ0) is 11.4. The number of rotatable bonds is 3. The fraction of sp³-hybridized carbons (Fsp3) is 0.571. The van der Waals surface area contributed by atoms with Crippen LogP contribution in [0.2, 0.25) is 0 Å². The van der Waals surface area contributed by atoms with E-state index in [2.05, 4.69) is 24.3 Å². The molecular formula is C14H20O2. The molecule has 88 valence electrons. The van der Waals surface area contributed by atoms with Crippen molar-refractivity contribution in [3.63, 3.8) is 0 Å². The summed E-state index contributed by atoms with van der Waals surface area (Å²) in [5.74, 6) is 0.520. The smallest absolute Gasteiger partial charge is 0.0546 e. The van der Waals surface area contributed by atoms with Gasteiger partial charge >= 0.3 is 0 Å². The van der Waals surface area contributed by atoms with Gasteiger partial charge in [0.05, 0.1) is 6.10 Å². The highest BCUT2D eigenvalue weighted by Crippen LogP contribution is 2.32. The molecule has 1 aromatic carbocycles. The summed E-state index contributed by atoms with van der Waals surface area (Å²) in [5.41, 5.74) is 2.52. The third kappa shape index (κ3) is 2.83. The molecule has 0 radical (unpaired) electrons. The lowest BCUT2D eigenvalue weighted by Gasteiger charge is -2.26. The summed E-state index contributed by atoms with van der Waals surface area (Å²) in [5, 5.41) is 18.5. The molecule has 0 bridgehead atoms. The first kappa shape index (κ1) is 11.6. The van der Waals surface area contributed by atoms with Crippen molar-refractivity contribution >= 4 is 0 Å². The Morgan fingerprint density at radius 2 is 1.88 bits per heavy atom. The van der Waals surface area contributed by atoms with Crippen LogP contribution >= 0.6 is 0 Å². The van der Waals surface area contributed by atoms with E-state index in [1.54, 1.807) is 0 Å². The van der Waals surface area contributed by atoms with E-state index in [0.717, 1.165) is 25.7 Å². The average molecular weight is 220 g/mol. The van der Waals surface area contributed by atoms with Crippen LogP contribution in [-0.4, -0.2) is 22.9 Å². The summed E-state index contributed by atoms with van der Waals surface area (Å²) >= 11 is 0. The molecule has 1 fully saturated rings. The van der Waals surface area contributed by atoms with E-state index in [9.17, 15) is 5.11 Å². The molecule has 1 aliphatic rings. The van der Waals surface area contributed by atoms with E-state index in [4.69, 9.17) is 5.11 Å². The van der Waals surface area contributed by atoms with Crippen LogP contribution in [-0.2, 0) is 6.42 Å². The standard InChI is InChI=1S/C14H20O2/c15-9-8-11-4-6-12(7-5-11)13-2-1-3-14(16)10-13/h4-7,13-16H,1-3,8-10H2/t13-,14+/m1/s1. The lowest BCUT2D eigenvalue weighted by Crippen LogP contribution is -2.18. The minimum absolute atomic E-state index is 0.115. The largest absolute Gasteiger partial charge is 0.396 e.